The first-order valence-electron chi connectivity index (χ1n) is 10.2. The van der Waals surface area contributed by atoms with Crippen LogP contribution >= 0.6 is 11.3 Å². The molecule has 0 bridgehead atoms. The van der Waals surface area contributed by atoms with E-state index < -0.39 is 16.1 Å². The monoisotopic (exact) mass is 493 g/mol. The number of benzene rings is 1. The van der Waals surface area contributed by atoms with Crippen LogP contribution in [0.3, 0.4) is 0 Å². The molecule has 10 nitrogen and oxygen atoms in total. The van der Waals surface area contributed by atoms with Crippen LogP contribution in [0.25, 0.3) is 0 Å². The van der Waals surface area contributed by atoms with E-state index in [-0.39, 0.29) is 29.6 Å². The molecule has 0 unspecified atom stereocenters. The Balaban J connectivity index is 2.04. The second kappa shape index (κ2) is 12.0. The molecule has 0 fully saturated rings. The van der Waals surface area contributed by atoms with E-state index in [2.05, 4.69) is 20.0 Å². The second-order valence-corrected chi connectivity index (χ2v) is 9.83. The third kappa shape index (κ3) is 6.92. The molecule has 1 aromatic carbocycles. The summed E-state index contributed by atoms with van der Waals surface area (Å²) in [6.07, 6.45) is 2.40. The van der Waals surface area contributed by atoms with Gasteiger partial charge in [-0.2, -0.15) is 0 Å². The average molecular weight is 493 g/mol. The summed E-state index contributed by atoms with van der Waals surface area (Å²) >= 11 is 1.23. The summed E-state index contributed by atoms with van der Waals surface area (Å²) in [7, 11) is -1.74. The molecule has 2 aromatic rings. The number of rotatable bonds is 12. The van der Waals surface area contributed by atoms with Crippen molar-refractivity contribution in [3.05, 3.63) is 39.3 Å². The van der Waals surface area contributed by atoms with Crippen LogP contribution in [0.15, 0.2) is 27.5 Å². The zero-order valence-electron chi connectivity index (χ0n) is 19.0. The van der Waals surface area contributed by atoms with E-state index in [1.807, 2.05) is 0 Å². The third-order valence-electron chi connectivity index (χ3n) is 5.05. The Labute approximate surface area is 198 Å². The Morgan fingerprint density at radius 2 is 2.06 bits per heavy atom. The average Bonchev–Trinajstić information content (AvgIpc) is 3.29. The minimum atomic E-state index is -3.95. The topological polar surface area (TPSA) is 153 Å². The zero-order chi connectivity index (χ0) is 24.6. The van der Waals surface area contributed by atoms with E-state index in [0.717, 1.165) is 5.56 Å². The number of methoxy groups -OCH3 is 1. The van der Waals surface area contributed by atoms with Crippen LogP contribution in [0.4, 0.5) is 0 Å². The Hall–Kier alpha value is -2.64. The van der Waals surface area contributed by atoms with Crippen molar-refractivity contribution in [3.8, 4) is 5.75 Å². The standard InChI is InChI=1S/C20H28BN5O5S2/c1-12-10-16(31-4)13(2)14(3)18(12)33(29,30)26-20(22)24-7-5-6-15(25-11-21-28)17(27)19-23-8-9-32-19/h8-10,15,25H,5-7,11H2,1-4H3,(H3,22,24,26)/t15-/m1/s1. The molecule has 0 aliphatic heterocycles. The molecular formula is C20H28BN5O5S2. The molecule has 0 aliphatic rings. The van der Waals surface area contributed by atoms with Crippen LogP contribution in [0.5, 0.6) is 5.75 Å². The molecule has 13 heteroatoms. The molecule has 0 radical (unpaired) electrons. The quantitative estimate of drug-likeness (QED) is 0.132. The number of carbonyl (C=O) groups is 1. The number of nitrogens with zero attached hydrogens (tertiary/aromatic N) is 2. The number of ether oxygens (including phenoxy) is 1. The third-order valence-corrected chi connectivity index (χ3v) is 7.48. The van der Waals surface area contributed by atoms with Crippen molar-refractivity contribution >= 4 is 40.3 Å². The molecular weight excluding hydrogens is 465 g/mol. The van der Waals surface area contributed by atoms with Gasteiger partial charge in [-0.1, -0.05) is 0 Å². The molecule has 1 aromatic heterocycles. The predicted octanol–water partition coefficient (Wildman–Crippen LogP) is 1.30. The first kappa shape index (κ1) is 26.6. The normalized spacial score (nSPS) is 12.8. The van der Waals surface area contributed by atoms with Gasteiger partial charge in [0.15, 0.2) is 0 Å². The van der Waals surface area contributed by atoms with E-state index in [9.17, 15) is 17.9 Å². The number of nitrogens with one attached hydrogen (secondary N) is 2. The minimum Gasteiger partial charge on any atom is -0.0380 e. The number of carbonyl (C=O) groups excluding carboxylic acids is 1. The molecule has 1 heterocycles. The predicted molar refractivity (Wildman–Crippen MR) is 128 cm³/mol. The van der Waals surface area contributed by atoms with Crippen LogP contribution in [0.2, 0.25) is 0 Å². The van der Waals surface area contributed by atoms with Crippen molar-refractivity contribution in [3.63, 3.8) is 0 Å². The van der Waals surface area contributed by atoms with Crippen LogP contribution < -0.4 is 20.5 Å². The van der Waals surface area contributed by atoms with Gasteiger partial charge in [0, 0.05) is 0 Å². The number of ketones is 1. The fourth-order valence-electron chi connectivity index (χ4n) is 3.37. The van der Waals surface area contributed by atoms with Crippen LogP contribution in [0, 0.1) is 20.8 Å². The molecule has 178 valence electrons. The number of aryl methyl sites for hydroxylation is 1. The second-order valence-electron chi connectivity index (χ2n) is 7.32. The maximum atomic E-state index is 12.9. The van der Waals surface area contributed by atoms with Gasteiger partial charge in [0.05, 0.1) is 7.11 Å². The van der Waals surface area contributed by atoms with Gasteiger partial charge in [-0.15, -0.1) is 0 Å². The van der Waals surface area contributed by atoms with Crippen molar-refractivity contribution in [1.29, 1.82) is 0 Å². The zero-order valence-corrected chi connectivity index (χ0v) is 20.7. The van der Waals surface area contributed by atoms with Gasteiger partial charge in [-0.05, 0) is 32.4 Å². The fraction of sp³-hybridized carbons (Fsp3) is 0.450. The number of aromatic nitrogens is 1. The summed E-state index contributed by atoms with van der Waals surface area (Å²) < 4.78 is 44.1. The molecule has 4 N–H and O–H groups in total. The number of nitrogens with two attached hydrogens (primary N) is 1. The molecule has 0 spiro atoms. The van der Waals surface area contributed by atoms with E-state index in [1.165, 1.54) is 18.4 Å². The van der Waals surface area contributed by atoms with E-state index >= 15 is 0 Å². The van der Waals surface area contributed by atoms with Gasteiger partial charge in [0.2, 0.25) is 0 Å². The van der Waals surface area contributed by atoms with E-state index in [1.54, 1.807) is 38.4 Å². The molecule has 0 amide bonds. The summed E-state index contributed by atoms with van der Waals surface area (Å²) in [6, 6.07) is 1.07. The SMILES string of the molecule is COc1cc(C)c(S(=O)(=O)NC(N)=NCCC[C@@H](NCB=O)C(=O)c2nccs2)c(C)c1C. The van der Waals surface area contributed by atoms with E-state index in [4.69, 9.17) is 10.5 Å². The van der Waals surface area contributed by atoms with Crippen LogP contribution in [-0.4, -0.2) is 58.4 Å². The molecule has 0 saturated heterocycles. The van der Waals surface area contributed by atoms with Crippen LogP contribution in [0.1, 0.15) is 39.3 Å². The Morgan fingerprint density at radius 1 is 1.33 bits per heavy atom. The van der Waals surface area contributed by atoms with Gasteiger partial charge in [-0.25, -0.2) is 0 Å². The first-order valence-corrected chi connectivity index (χ1v) is 12.6. The summed E-state index contributed by atoms with van der Waals surface area (Å²) in [5.41, 5.74) is 7.64. The number of Topliss-reactive ketones (excluding diaryl/α,β-unsaturated/α-hetero) is 1. The Morgan fingerprint density at radius 3 is 2.67 bits per heavy atom. The summed E-state index contributed by atoms with van der Waals surface area (Å²) in [4.78, 5) is 20.8. The number of hydrogen-bond donors (Lipinski definition) is 3. The molecule has 2 rings (SSSR count). The Kier molecular flexibility index (Phi) is 9.68. The minimum absolute atomic E-state index is 0.0347. The number of aliphatic imine (C=N–C) groups is 1. The van der Waals surface area contributed by atoms with Gasteiger partial charge >= 0.3 is 148 Å². The summed E-state index contributed by atoms with van der Waals surface area (Å²) in [5.74, 6) is 0.159. The van der Waals surface area contributed by atoms with Gasteiger partial charge in [0.1, 0.15) is 5.75 Å². The van der Waals surface area contributed by atoms with E-state index in [0.29, 0.717) is 41.9 Å². The van der Waals surface area contributed by atoms with Crippen molar-refractivity contribution < 1.29 is 22.7 Å². The van der Waals surface area contributed by atoms with Crippen LogP contribution in [-0.2, 0) is 14.7 Å². The number of sulfonamides is 1. The molecule has 33 heavy (non-hydrogen) atoms. The van der Waals surface area contributed by atoms with Crippen molar-refractivity contribution in [1.82, 2.24) is 15.0 Å². The summed E-state index contributed by atoms with van der Waals surface area (Å²) in [5, 5.41) is 4.94. The van der Waals surface area contributed by atoms with Gasteiger partial charge < -0.3 is 4.74 Å². The summed E-state index contributed by atoms with van der Waals surface area (Å²) in [6.45, 7) is 5.37. The Bertz CT molecular complexity index is 1120. The van der Waals surface area contributed by atoms with Gasteiger partial charge in [-0.3, -0.25) is 0 Å². The first-order chi connectivity index (χ1) is 15.6. The van der Waals surface area contributed by atoms with Crippen molar-refractivity contribution in [2.75, 3.05) is 20.1 Å². The number of hydrogen-bond acceptors (Lipinski definition) is 9. The number of guanidine groups is 1. The smallest absolute Gasteiger partial charge is 0.0380 e. The molecule has 1 atom stereocenters. The van der Waals surface area contributed by atoms with Crippen molar-refractivity contribution in [2.45, 2.75) is 44.6 Å². The van der Waals surface area contributed by atoms with Crippen molar-refractivity contribution in [2.24, 2.45) is 10.7 Å². The molecule has 0 aliphatic carbocycles. The van der Waals surface area contributed by atoms with Gasteiger partial charge in [0.25, 0.3) is 0 Å². The maximum absolute atomic E-state index is 12.9. The molecule has 0 saturated carbocycles. The number of thiazole rings is 1. The fourth-order valence-corrected chi connectivity index (χ4v) is 5.48.